The molecule has 0 spiro atoms. The Morgan fingerprint density at radius 3 is 2.72 bits per heavy atom. The minimum atomic E-state index is 0.380. The molecule has 0 aliphatic carbocycles. The molecule has 0 aliphatic heterocycles. The molecule has 0 amide bonds. The third kappa shape index (κ3) is 3.15. The lowest BCUT2D eigenvalue weighted by molar-refractivity contribution is 0.303. The van der Waals surface area contributed by atoms with E-state index in [1.807, 2.05) is 37.3 Å². The molecular weight excluding hydrogens is 269 g/mol. The number of hydrogen-bond acceptors (Lipinski definition) is 2. The topological polar surface area (TPSA) is 22.1 Å². The van der Waals surface area contributed by atoms with E-state index in [1.54, 1.807) is 6.20 Å². The molecular formula is C14H13Cl2NO. The van der Waals surface area contributed by atoms with Crippen molar-refractivity contribution in [3.05, 3.63) is 58.4 Å². The van der Waals surface area contributed by atoms with E-state index in [-0.39, 0.29) is 0 Å². The van der Waals surface area contributed by atoms with Crippen molar-refractivity contribution in [1.82, 2.24) is 4.98 Å². The number of hydrogen-bond donors (Lipinski definition) is 0. The maximum Gasteiger partial charge on any atom is 0.127 e. The van der Waals surface area contributed by atoms with Crippen molar-refractivity contribution in [2.45, 2.75) is 19.4 Å². The van der Waals surface area contributed by atoms with Crippen LogP contribution in [-0.2, 0) is 12.5 Å². The van der Waals surface area contributed by atoms with E-state index in [4.69, 9.17) is 27.9 Å². The van der Waals surface area contributed by atoms with Gasteiger partial charge in [0.1, 0.15) is 12.4 Å². The molecule has 1 heterocycles. The Kier molecular flexibility index (Phi) is 4.45. The molecule has 0 N–H and O–H groups in total. The van der Waals surface area contributed by atoms with E-state index in [0.29, 0.717) is 17.5 Å². The summed E-state index contributed by atoms with van der Waals surface area (Å²) in [6, 6.07) is 9.50. The Morgan fingerprint density at radius 1 is 1.22 bits per heavy atom. The Hall–Kier alpha value is -1.25. The first kappa shape index (κ1) is 13.2. The minimum absolute atomic E-state index is 0.380. The molecule has 0 saturated carbocycles. The Bertz CT molecular complexity index is 543. The zero-order valence-electron chi connectivity index (χ0n) is 9.99. The molecule has 1 aromatic carbocycles. The smallest absolute Gasteiger partial charge is 0.127 e. The minimum Gasteiger partial charge on any atom is -0.488 e. The van der Waals surface area contributed by atoms with Crippen LogP contribution in [0.2, 0.25) is 5.02 Å². The summed E-state index contributed by atoms with van der Waals surface area (Å²) in [6.07, 6.45) is 1.74. The summed E-state index contributed by atoms with van der Waals surface area (Å²) in [7, 11) is 0. The van der Waals surface area contributed by atoms with Crippen LogP contribution in [0.4, 0.5) is 0 Å². The summed E-state index contributed by atoms with van der Waals surface area (Å²) in [6.45, 7) is 2.34. The molecule has 0 bridgehead atoms. The van der Waals surface area contributed by atoms with Gasteiger partial charge in [-0.3, -0.25) is 4.98 Å². The number of pyridine rings is 1. The van der Waals surface area contributed by atoms with E-state index in [9.17, 15) is 0 Å². The second-order valence-corrected chi connectivity index (χ2v) is 4.62. The lowest BCUT2D eigenvalue weighted by Gasteiger charge is -2.11. The number of rotatable bonds is 4. The van der Waals surface area contributed by atoms with E-state index >= 15 is 0 Å². The predicted molar refractivity (Wildman–Crippen MR) is 74.3 cm³/mol. The van der Waals surface area contributed by atoms with Crippen molar-refractivity contribution >= 4 is 23.2 Å². The van der Waals surface area contributed by atoms with Gasteiger partial charge >= 0.3 is 0 Å². The normalized spacial score (nSPS) is 10.4. The molecule has 2 nitrogen and oxygen atoms in total. The quantitative estimate of drug-likeness (QED) is 0.777. The highest BCUT2D eigenvalue weighted by Gasteiger charge is 2.06. The number of aromatic nitrogens is 1. The summed E-state index contributed by atoms with van der Waals surface area (Å²) in [4.78, 5) is 4.19. The van der Waals surface area contributed by atoms with Gasteiger partial charge in [-0.2, -0.15) is 0 Å². The summed E-state index contributed by atoms with van der Waals surface area (Å²) >= 11 is 11.9. The Morgan fingerprint density at radius 2 is 2.00 bits per heavy atom. The van der Waals surface area contributed by atoms with Gasteiger partial charge in [-0.15, -0.1) is 11.6 Å². The Balaban J connectivity index is 2.15. The number of aryl methyl sites for hydroxylation is 1. The highest BCUT2D eigenvalue weighted by Crippen LogP contribution is 2.23. The first-order valence-electron chi connectivity index (χ1n) is 5.58. The van der Waals surface area contributed by atoms with Crippen molar-refractivity contribution < 1.29 is 4.74 Å². The molecule has 0 atom stereocenters. The van der Waals surface area contributed by atoms with Crippen LogP contribution in [-0.4, -0.2) is 4.98 Å². The standard InChI is InChI=1S/C14H13Cl2NO/c1-10-6-14(12(7-15)8-17-10)18-9-11-4-2-3-5-13(11)16/h2-6,8H,7,9H2,1H3. The van der Waals surface area contributed by atoms with Crippen LogP contribution in [0.25, 0.3) is 0 Å². The fourth-order valence-corrected chi connectivity index (χ4v) is 1.96. The van der Waals surface area contributed by atoms with E-state index in [2.05, 4.69) is 4.98 Å². The molecule has 94 valence electrons. The SMILES string of the molecule is Cc1cc(OCc2ccccc2Cl)c(CCl)cn1. The fraction of sp³-hybridized carbons (Fsp3) is 0.214. The maximum absolute atomic E-state index is 6.08. The number of halogens is 2. The second-order valence-electron chi connectivity index (χ2n) is 3.95. The van der Waals surface area contributed by atoms with Crippen LogP contribution in [0, 0.1) is 6.92 Å². The molecule has 2 rings (SSSR count). The van der Waals surface area contributed by atoms with Crippen molar-refractivity contribution in [1.29, 1.82) is 0 Å². The molecule has 0 fully saturated rings. The first-order chi connectivity index (χ1) is 8.70. The van der Waals surface area contributed by atoms with Gasteiger partial charge in [0.05, 0.1) is 5.88 Å². The van der Waals surface area contributed by atoms with Crippen LogP contribution < -0.4 is 4.74 Å². The third-order valence-electron chi connectivity index (χ3n) is 2.57. The van der Waals surface area contributed by atoms with Crippen LogP contribution in [0.3, 0.4) is 0 Å². The molecule has 4 heteroatoms. The average Bonchev–Trinajstić information content (AvgIpc) is 2.38. The monoisotopic (exact) mass is 281 g/mol. The van der Waals surface area contributed by atoms with Gasteiger partial charge < -0.3 is 4.74 Å². The average molecular weight is 282 g/mol. The zero-order chi connectivity index (χ0) is 13.0. The number of benzene rings is 1. The largest absolute Gasteiger partial charge is 0.488 e. The van der Waals surface area contributed by atoms with Gasteiger partial charge in [-0.25, -0.2) is 0 Å². The first-order valence-corrected chi connectivity index (χ1v) is 6.49. The molecule has 0 saturated heterocycles. The van der Waals surface area contributed by atoms with Crippen LogP contribution in [0.15, 0.2) is 36.5 Å². The van der Waals surface area contributed by atoms with Gasteiger partial charge in [0.15, 0.2) is 0 Å². The van der Waals surface area contributed by atoms with E-state index in [1.165, 1.54) is 0 Å². The number of alkyl halides is 1. The van der Waals surface area contributed by atoms with E-state index < -0.39 is 0 Å². The van der Waals surface area contributed by atoms with Gasteiger partial charge in [0, 0.05) is 34.1 Å². The van der Waals surface area contributed by atoms with Gasteiger partial charge in [0.25, 0.3) is 0 Å². The highest BCUT2D eigenvalue weighted by molar-refractivity contribution is 6.31. The van der Waals surface area contributed by atoms with Crippen molar-refractivity contribution in [2.24, 2.45) is 0 Å². The second kappa shape index (κ2) is 6.07. The molecule has 1 aromatic heterocycles. The van der Waals surface area contributed by atoms with Gasteiger partial charge in [-0.05, 0) is 13.0 Å². The number of ether oxygens (including phenoxy) is 1. The molecule has 0 aliphatic rings. The van der Waals surface area contributed by atoms with Crippen molar-refractivity contribution in [3.63, 3.8) is 0 Å². The van der Waals surface area contributed by atoms with Crippen LogP contribution >= 0.6 is 23.2 Å². The van der Waals surface area contributed by atoms with Crippen molar-refractivity contribution in [3.8, 4) is 5.75 Å². The zero-order valence-corrected chi connectivity index (χ0v) is 11.5. The molecule has 0 radical (unpaired) electrons. The third-order valence-corrected chi connectivity index (χ3v) is 3.22. The highest BCUT2D eigenvalue weighted by atomic mass is 35.5. The summed E-state index contributed by atoms with van der Waals surface area (Å²) in [5, 5.41) is 0.704. The molecule has 18 heavy (non-hydrogen) atoms. The summed E-state index contributed by atoms with van der Waals surface area (Å²) in [5.41, 5.74) is 2.74. The van der Waals surface area contributed by atoms with Crippen LogP contribution in [0.5, 0.6) is 5.75 Å². The Labute approximate surface area is 117 Å². The fourth-order valence-electron chi connectivity index (χ4n) is 1.57. The molecule has 0 unspecified atom stereocenters. The molecule has 2 aromatic rings. The van der Waals surface area contributed by atoms with E-state index in [0.717, 1.165) is 22.6 Å². The van der Waals surface area contributed by atoms with Crippen LogP contribution in [0.1, 0.15) is 16.8 Å². The predicted octanol–water partition coefficient (Wildman–Crippen LogP) is 4.36. The summed E-state index contributed by atoms with van der Waals surface area (Å²) < 4.78 is 5.77. The number of nitrogens with zero attached hydrogens (tertiary/aromatic N) is 1. The maximum atomic E-state index is 6.08. The van der Waals surface area contributed by atoms with Crippen molar-refractivity contribution in [2.75, 3.05) is 0 Å². The van der Waals surface area contributed by atoms with Gasteiger partial charge in [0.2, 0.25) is 0 Å². The van der Waals surface area contributed by atoms with Gasteiger partial charge in [-0.1, -0.05) is 29.8 Å². The summed E-state index contributed by atoms with van der Waals surface area (Å²) in [5.74, 6) is 1.14. The lowest BCUT2D eigenvalue weighted by Crippen LogP contribution is -2.00. The lowest BCUT2D eigenvalue weighted by atomic mass is 10.2.